The zero-order valence-electron chi connectivity index (χ0n) is 33.0. The summed E-state index contributed by atoms with van der Waals surface area (Å²) in [6.45, 7) is 10.3. The van der Waals surface area contributed by atoms with E-state index >= 15 is 4.79 Å². The van der Waals surface area contributed by atoms with Crippen LogP contribution in [-0.2, 0) is 29.0 Å². The van der Waals surface area contributed by atoms with Gasteiger partial charge in [0.05, 0.1) is 34.8 Å². The largest absolute Gasteiger partial charge is 0.490 e. The summed E-state index contributed by atoms with van der Waals surface area (Å²) in [5.41, 5.74) is 7.55. The highest BCUT2D eigenvalue weighted by atomic mass is 32.2. The lowest BCUT2D eigenvalue weighted by Crippen LogP contribution is -2.40. The van der Waals surface area contributed by atoms with Gasteiger partial charge in [0.25, 0.3) is 0 Å². The number of anilines is 3. The molecule has 0 radical (unpaired) electrons. The number of hydrogen-bond donors (Lipinski definition) is 5. The number of aliphatic carboxylic acids is 2. The monoisotopic (exact) mass is 845 g/mol. The van der Waals surface area contributed by atoms with Crippen LogP contribution in [0.25, 0.3) is 10.8 Å². The van der Waals surface area contributed by atoms with Gasteiger partial charge in [0.15, 0.2) is 21.3 Å². The molecule has 59 heavy (non-hydrogen) atoms. The molecule has 1 aromatic heterocycles. The normalized spacial score (nSPS) is 15.9. The number of carboxylic acids is 2. The van der Waals surface area contributed by atoms with Crippen molar-refractivity contribution in [3.05, 3.63) is 78.0 Å². The topological polar surface area (TPSA) is 228 Å². The number of carbonyl (C=O) groups is 4. The van der Waals surface area contributed by atoms with Crippen molar-refractivity contribution in [2.45, 2.75) is 82.5 Å². The van der Waals surface area contributed by atoms with Crippen molar-refractivity contribution in [3.8, 4) is 11.5 Å². The molecule has 0 aliphatic carbocycles. The van der Waals surface area contributed by atoms with Crippen LogP contribution < -0.4 is 25.8 Å². The minimum absolute atomic E-state index is 0.0248. The molecule has 2 amide bonds. The van der Waals surface area contributed by atoms with Crippen molar-refractivity contribution < 1.29 is 60.5 Å². The number of sulfone groups is 1. The first-order valence-corrected chi connectivity index (χ1v) is 19.9. The first-order chi connectivity index (χ1) is 27.6. The minimum atomic E-state index is -5.08. The highest BCUT2D eigenvalue weighted by Crippen LogP contribution is 2.44. The lowest BCUT2D eigenvalue weighted by atomic mass is 9.92. The molecular formula is C40H46F3N5O10S. The average Bonchev–Trinajstić information content (AvgIpc) is 3.60. The van der Waals surface area contributed by atoms with Gasteiger partial charge in [-0.05, 0) is 112 Å². The van der Waals surface area contributed by atoms with Crippen molar-refractivity contribution in [3.63, 3.8) is 0 Å². The lowest BCUT2D eigenvalue weighted by molar-refractivity contribution is -0.192. The van der Waals surface area contributed by atoms with Gasteiger partial charge in [-0.15, -0.1) is 0 Å². The Morgan fingerprint density at radius 2 is 1.63 bits per heavy atom. The highest BCUT2D eigenvalue weighted by Gasteiger charge is 2.46. The second-order valence-electron chi connectivity index (χ2n) is 14.1. The van der Waals surface area contributed by atoms with Gasteiger partial charge in [0, 0.05) is 36.4 Å². The van der Waals surface area contributed by atoms with Crippen LogP contribution in [0.4, 0.5) is 30.4 Å². The number of halogens is 3. The zero-order chi connectivity index (χ0) is 44.0. The van der Waals surface area contributed by atoms with Crippen molar-refractivity contribution >= 4 is 61.6 Å². The lowest BCUT2D eigenvalue weighted by Gasteiger charge is -2.33. The molecule has 19 heteroatoms. The molecule has 5 rings (SSSR count). The third kappa shape index (κ3) is 10.9. The quantitative estimate of drug-likeness (QED) is 0.0957. The summed E-state index contributed by atoms with van der Waals surface area (Å²) in [5, 5.41) is 24.3. The fourth-order valence-electron chi connectivity index (χ4n) is 6.49. The Hall–Kier alpha value is -6.11. The number of rotatable bonds is 13. The number of carboxylic acid groups (broad SMARTS) is 2. The molecule has 1 aliphatic rings. The molecule has 2 heterocycles. The van der Waals surface area contributed by atoms with Crippen molar-refractivity contribution in [2.24, 2.45) is 5.92 Å². The predicted molar refractivity (Wildman–Crippen MR) is 213 cm³/mol. The Morgan fingerprint density at radius 1 is 0.966 bits per heavy atom. The second-order valence-corrected chi connectivity index (χ2v) is 16.5. The Balaban J connectivity index is 0.00000101. The Bertz CT molecular complexity index is 2320. The number of aromatic nitrogens is 1. The van der Waals surface area contributed by atoms with E-state index in [4.69, 9.17) is 25.1 Å². The van der Waals surface area contributed by atoms with Crippen LogP contribution in [0.2, 0.25) is 0 Å². The van der Waals surface area contributed by atoms with Crippen molar-refractivity contribution in [1.29, 1.82) is 0 Å². The fraction of sp³-hybridized carbons (Fsp3) is 0.375. The number of alkyl halides is 3. The first-order valence-electron chi connectivity index (χ1n) is 18.4. The van der Waals surface area contributed by atoms with E-state index in [1.807, 2.05) is 26.8 Å². The van der Waals surface area contributed by atoms with E-state index < -0.39 is 63.0 Å². The van der Waals surface area contributed by atoms with Crippen LogP contribution in [0.5, 0.6) is 11.5 Å². The number of nitrogens with one attached hydrogen (secondary N) is 2. The molecule has 1 aliphatic heterocycles. The van der Waals surface area contributed by atoms with E-state index in [-0.39, 0.29) is 35.2 Å². The summed E-state index contributed by atoms with van der Waals surface area (Å²) < 4.78 is 71.1. The number of likely N-dealkylation sites (tertiary alicyclic amines) is 1. The third-order valence-electron chi connectivity index (χ3n) is 9.13. The van der Waals surface area contributed by atoms with E-state index in [1.54, 1.807) is 42.6 Å². The van der Waals surface area contributed by atoms with E-state index in [0.29, 0.717) is 35.2 Å². The number of nitrogens with zero attached hydrogens (tertiary/aromatic N) is 2. The maximum absolute atomic E-state index is 15.1. The molecule has 0 bridgehead atoms. The van der Waals surface area contributed by atoms with Crippen molar-refractivity contribution in [2.75, 3.05) is 29.5 Å². The number of nitrogen functional groups attached to an aromatic ring is 1. The third-order valence-corrected chi connectivity index (χ3v) is 11.4. The van der Waals surface area contributed by atoms with E-state index in [2.05, 4.69) is 15.6 Å². The molecule has 6 N–H and O–H groups in total. The molecule has 3 aromatic carbocycles. The van der Waals surface area contributed by atoms with Gasteiger partial charge < -0.3 is 41.0 Å². The standard InChI is InChI=1S/C38H45N5O8S.C2HF3O2/c1-7-50-32-19-25(8-12-31(32)51-21(2)3)34(42-26-9-11-28-24(18-26)14-16-40-36(28)39)37(45)43-17-15-29(38(46)47)35(43)30-20-27(41-23(6)44)10-13-33(30)52(48,49)22(4)5;3-2(4,5)1(6)7/h8-14,16,18-22,29,34-35,42H,7,15,17H2,1-6H3,(H2,39,40)(H,41,44)(H,46,47);(H,6,7)/t29-,34?,35+;/m1./s1. The van der Waals surface area contributed by atoms with Crippen LogP contribution in [-0.4, -0.2) is 82.9 Å². The van der Waals surface area contributed by atoms with Gasteiger partial charge in [-0.3, -0.25) is 14.4 Å². The maximum Gasteiger partial charge on any atom is 0.490 e. The smallest absolute Gasteiger partial charge is 0.490 e. The van der Waals surface area contributed by atoms with E-state index in [1.165, 1.54) is 43.9 Å². The molecule has 1 saturated heterocycles. The van der Waals surface area contributed by atoms with E-state index in [9.17, 15) is 36.3 Å². The molecule has 3 atom stereocenters. The number of amides is 2. The molecule has 1 fully saturated rings. The highest BCUT2D eigenvalue weighted by molar-refractivity contribution is 7.92. The predicted octanol–water partition coefficient (Wildman–Crippen LogP) is 6.60. The summed E-state index contributed by atoms with van der Waals surface area (Å²) in [6.07, 6.45) is -3.58. The Labute approximate surface area is 338 Å². The van der Waals surface area contributed by atoms with Gasteiger partial charge in [-0.1, -0.05) is 6.07 Å². The first kappa shape index (κ1) is 45.6. The number of carbonyl (C=O) groups excluding carboxylic acids is 2. The summed E-state index contributed by atoms with van der Waals surface area (Å²) in [5.74, 6) is -4.72. The zero-order valence-corrected chi connectivity index (χ0v) is 33.8. The van der Waals surface area contributed by atoms with Gasteiger partial charge in [-0.25, -0.2) is 18.2 Å². The SMILES string of the molecule is CCOc1cc(C(Nc2ccc3c(N)nccc3c2)C(=O)N2CC[C@@H](C(=O)O)[C@H]2c2cc(NC(C)=O)ccc2S(=O)(=O)C(C)C)ccc1OC(C)C.O=C(O)C(F)(F)F. The number of benzene rings is 3. The van der Waals surface area contributed by atoms with Gasteiger partial charge in [-0.2, -0.15) is 13.2 Å². The van der Waals surface area contributed by atoms with Crippen LogP contribution in [0, 0.1) is 5.92 Å². The van der Waals surface area contributed by atoms with Gasteiger partial charge in [0.2, 0.25) is 11.8 Å². The fourth-order valence-corrected chi connectivity index (χ4v) is 7.77. The second kappa shape index (κ2) is 18.6. The van der Waals surface area contributed by atoms with Gasteiger partial charge in [0.1, 0.15) is 11.9 Å². The number of nitrogens with two attached hydrogens (primary N) is 1. The van der Waals surface area contributed by atoms with Crippen LogP contribution in [0.1, 0.15) is 71.2 Å². The molecule has 0 spiro atoms. The van der Waals surface area contributed by atoms with Crippen LogP contribution in [0.3, 0.4) is 0 Å². The van der Waals surface area contributed by atoms with Gasteiger partial charge >= 0.3 is 18.1 Å². The minimum Gasteiger partial charge on any atom is -0.490 e. The number of ether oxygens (including phenoxy) is 2. The molecule has 318 valence electrons. The average molecular weight is 846 g/mol. The number of pyridine rings is 1. The molecular weight excluding hydrogens is 800 g/mol. The summed E-state index contributed by atoms with van der Waals surface area (Å²) in [6, 6.07) is 14.4. The molecule has 0 saturated carbocycles. The van der Waals surface area contributed by atoms with Crippen LogP contribution in [0.15, 0.2) is 71.8 Å². The Morgan fingerprint density at radius 3 is 2.20 bits per heavy atom. The Kier molecular flexibility index (Phi) is 14.4. The maximum atomic E-state index is 15.1. The molecule has 15 nitrogen and oxygen atoms in total. The summed E-state index contributed by atoms with van der Waals surface area (Å²) in [4.78, 5) is 54.3. The molecule has 1 unspecified atom stereocenters. The van der Waals surface area contributed by atoms with Crippen LogP contribution >= 0.6 is 0 Å². The summed E-state index contributed by atoms with van der Waals surface area (Å²) in [7, 11) is -3.97. The number of fused-ring (bicyclic) bond motifs is 1. The number of hydrogen-bond acceptors (Lipinski definition) is 11. The van der Waals surface area contributed by atoms with E-state index in [0.717, 1.165) is 10.8 Å². The summed E-state index contributed by atoms with van der Waals surface area (Å²) >= 11 is 0. The van der Waals surface area contributed by atoms with Crippen molar-refractivity contribution in [1.82, 2.24) is 9.88 Å². The molecule has 4 aromatic rings.